The quantitative estimate of drug-likeness (QED) is 0.576. The fourth-order valence-corrected chi connectivity index (χ4v) is 3.33. The van der Waals surface area contributed by atoms with Crippen LogP contribution in [0.1, 0.15) is 0 Å². The Kier molecular flexibility index (Phi) is 7.29. The lowest BCUT2D eigenvalue weighted by Crippen LogP contribution is -2.38. The zero-order valence-corrected chi connectivity index (χ0v) is 16.0. The molecule has 0 spiro atoms. The van der Waals surface area contributed by atoms with E-state index in [1.807, 2.05) is 30.3 Å². The largest absolute Gasteiger partial charge is 0.455 e. The molecular formula is C18H19ClN2O4S. The molecule has 0 aromatic heterocycles. The number of fused-ring (bicyclic) bond motifs is 1. The molecule has 0 aliphatic heterocycles. The number of halogens is 1. The average Bonchev–Trinajstić information content (AvgIpc) is 2.62. The number of amides is 2. The number of thioether (sulfide) groups is 1. The molecule has 0 atom stereocenters. The van der Waals surface area contributed by atoms with Gasteiger partial charge >= 0.3 is 5.97 Å². The minimum atomic E-state index is -0.522. The summed E-state index contributed by atoms with van der Waals surface area (Å²) in [6, 6.07) is 11.3. The highest BCUT2D eigenvalue weighted by atomic mass is 35.5. The molecule has 1 N–H and O–H groups in total. The number of nitrogens with zero attached hydrogens (tertiary/aromatic N) is 1. The Morgan fingerprint density at radius 2 is 1.85 bits per heavy atom. The Balaban J connectivity index is 1.83. The van der Waals surface area contributed by atoms with Gasteiger partial charge in [-0.3, -0.25) is 14.4 Å². The molecular weight excluding hydrogens is 376 g/mol. The van der Waals surface area contributed by atoms with E-state index in [0.29, 0.717) is 5.02 Å². The highest BCUT2D eigenvalue weighted by Gasteiger charge is 2.12. The molecule has 8 heteroatoms. The van der Waals surface area contributed by atoms with Gasteiger partial charge in [-0.15, -0.1) is 11.8 Å². The fraction of sp³-hybridized carbons (Fsp3) is 0.278. The first-order chi connectivity index (χ1) is 12.4. The van der Waals surface area contributed by atoms with Crippen LogP contribution in [0, 0.1) is 0 Å². The van der Waals surface area contributed by atoms with Crippen molar-refractivity contribution < 1.29 is 19.1 Å². The van der Waals surface area contributed by atoms with Crippen LogP contribution in [-0.2, 0) is 19.1 Å². The van der Waals surface area contributed by atoms with E-state index in [1.54, 1.807) is 20.2 Å². The van der Waals surface area contributed by atoms with Gasteiger partial charge in [-0.1, -0.05) is 35.9 Å². The lowest BCUT2D eigenvalue weighted by Gasteiger charge is -2.11. The molecule has 0 saturated carbocycles. The maximum absolute atomic E-state index is 11.9. The lowest BCUT2D eigenvalue weighted by atomic mass is 10.1. The van der Waals surface area contributed by atoms with E-state index in [2.05, 4.69) is 5.32 Å². The van der Waals surface area contributed by atoms with Gasteiger partial charge in [-0.25, -0.2) is 0 Å². The van der Waals surface area contributed by atoms with Gasteiger partial charge in [0.15, 0.2) is 6.61 Å². The van der Waals surface area contributed by atoms with Crippen LogP contribution in [-0.4, -0.2) is 55.7 Å². The second-order valence-electron chi connectivity index (χ2n) is 5.61. The second-order valence-corrected chi connectivity index (χ2v) is 7.03. The fourth-order valence-electron chi connectivity index (χ4n) is 2.09. The number of likely N-dealkylation sites (N-methyl/N-ethyl adjacent to an activating group) is 1. The van der Waals surface area contributed by atoms with Crippen molar-refractivity contribution in [3.63, 3.8) is 0 Å². The summed E-state index contributed by atoms with van der Waals surface area (Å²) < 4.78 is 4.93. The predicted octanol–water partition coefficient (Wildman–Crippen LogP) is 2.33. The highest BCUT2D eigenvalue weighted by Crippen LogP contribution is 2.33. The molecule has 2 rings (SSSR count). The Bertz CT molecular complexity index is 821. The predicted molar refractivity (Wildman–Crippen MR) is 102 cm³/mol. The van der Waals surface area contributed by atoms with Crippen molar-refractivity contribution >= 4 is 51.9 Å². The number of benzene rings is 2. The van der Waals surface area contributed by atoms with Crippen molar-refractivity contribution in [2.24, 2.45) is 0 Å². The smallest absolute Gasteiger partial charge is 0.316 e. The lowest BCUT2D eigenvalue weighted by molar-refractivity contribution is -0.146. The first-order valence-electron chi connectivity index (χ1n) is 7.81. The van der Waals surface area contributed by atoms with E-state index < -0.39 is 18.5 Å². The standard InChI is InChI=1S/C18H19ClN2O4S/c1-21(2)16(23)9-20-15(22)10-25-17(24)11-26-14-8-4-6-12-5-3-7-13(19)18(12)14/h3-8H,9-11H2,1-2H3,(H,20,22). The number of carbonyl (C=O) groups is 3. The summed E-state index contributed by atoms with van der Waals surface area (Å²) in [4.78, 5) is 37.0. The Morgan fingerprint density at radius 1 is 1.15 bits per heavy atom. The van der Waals surface area contributed by atoms with Crippen LogP contribution < -0.4 is 5.32 Å². The number of rotatable bonds is 7. The van der Waals surface area contributed by atoms with E-state index in [1.165, 1.54) is 16.7 Å². The first-order valence-corrected chi connectivity index (χ1v) is 9.17. The summed E-state index contributed by atoms with van der Waals surface area (Å²) in [5, 5.41) is 4.88. The van der Waals surface area contributed by atoms with Crippen molar-refractivity contribution in [1.29, 1.82) is 0 Å². The van der Waals surface area contributed by atoms with Gasteiger partial charge in [-0.05, 0) is 17.5 Å². The van der Waals surface area contributed by atoms with E-state index in [-0.39, 0.29) is 18.2 Å². The van der Waals surface area contributed by atoms with Gasteiger partial charge in [0.1, 0.15) is 0 Å². The van der Waals surface area contributed by atoms with E-state index in [0.717, 1.165) is 15.7 Å². The zero-order chi connectivity index (χ0) is 19.1. The molecule has 0 radical (unpaired) electrons. The molecule has 138 valence electrons. The third-order valence-electron chi connectivity index (χ3n) is 3.46. The number of hydrogen-bond acceptors (Lipinski definition) is 5. The van der Waals surface area contributed by atoms with Crippen molar-refractivity contribution in [3.8, 4) is 0 Å². The Morgan fingerprint density at radius 3 is 2.54 bits per heavy atom. The zero-order valence-electron chi connectivity index (χ0n) is 14.5. The maximum Gasteiger partial charge on any atom is 0.316 e. The van der Waals surface area contributed by atoms with Crippen LogP contribution in [0.15, 0.2) is 41.3 Å². The van der Waals surface area contributed by atoms with Gasteiger partial charge in [0.05, 0.1) is 12.3 Å². The molecule has 0 aliphatic carbocycles. The molecule has 0 saturated heterocycles. The minimum Gasteiger partial charge on any atom is -0.455 e. The molecule has 0 bridgehead atoms. The van der Waals surface area contributed by atoms with Gasteiger partial charge in [0.2, 0.25) is 5.91 Å². The van der Waals surface area contributed by atoms with Gasteiger partial charge in [0.25, 0.3) is 5.91 Å². The number of carbonyl (C=O) groups excluding carboxylic acids is 3. The summed E-state index contributed by atoms with van der Waals surface area (Å²) in [7, 11) is 3.18. The van der Waals surface area contributed by atoms with E-state index in [4.69, 9.17) is 16.3 Å². The normalized spacial score (nSPS) is 10.4. The SMILES string of the molecule is CN(C)C(=O)CNC(=O)COC(=O)CSc1cccc2cccc(Cl)c12. The summed E-state index contributed by atoms with van der Waals surface area (Å²) >= 11 is 7.54. The van der Waals surface area contributed by atoms with Crippen LogP contribution in [0.5, 0.6) is 0 Å². The molecule has 6 nitrogen and oxygen atoms in total. The summed E-state index contributed by atoms with van der Waals surface area (Å²) in [5.74, 6) is -1.23. The molecule has 2 aromatic rings. The molecule has 0 unspecified atom stereocenters. The van der Waals surface area contributed by atoms with E-state index in [9.17, 15) is 14.4 Å². The number of nitrogens with one attached hydrogen (secondary N) is 1. The van der Waals surface area contributed by atoms with Gasteiger partial charge in [0, 0.05) is 29.4 Å². The summed E-state index contributed by atoms with van der Waals surface area (Å²) in [6.45, 7) is -0.553. The third-order valence-corrected chi connectivity index (χ3v) is 4.81. The first kappa shape index (κ1) is 20.1. The van der Waals surface area contributed by atoms with Crippen LogP contribution in [0.4, 0.5) is 0 Å². The van der Waals surface area contributed by atoms with Crippen molar-refractivity contribution in [3.05, 3.63) is 41.4 Å². The maximum atomic E-state index is 11.9. The monoisotopic (exact) mass is 394 g/mol. The second kappa shape index (κ2) is 9.45. The Hall–Kier alpha value is -2.25. The number of ether oxygens (including phenoxy) is 1. The topological polar surface area (TPSA) is 75.7 Å². The summed E-state index contributed by atoms with van der Waals surface area (Å²) in [6.07, 6.45) is 0. The summed E-state index contributed by atoms with van der Waals surface area (Å²) in [5.41, 5.74) is 0. The molecule has 2 amide bonds. The van der Waals surface area contributed by atoms with Crippen molar-refractivity contribution in [2.75, 3.05) is 33.0 Å². The van der Waals surface area contributed by atoms with Crippen LogP contribution in [0.25, 0.3) is 10.8 Å². The third kappa shape index (κ3) is 5.64. The number of esters is 1. The van der Waals surface area contributed by atoms with Gasteiger partial charge in [-0.2, -0.15) is 0 Å². The molecule has 0 aliphatic rings. The molecule has 0 fully saturated rings. The van der Waals surface area contributed by atoms with Crippen molar-refractivity contribution in [1.82, 2.24) is 10.2 Å². The van der Waals surface area contributed by atoms with Crippen molar-refractivity contribution in [2.45, 2.75) is 4.90 Å². The van der Waals surface area contributed by atoms with Crippen LogP contribution in [0.2, 0.25) is 5.02 Å². The molecule has 0 heterocycles. The Labute approximate surface area is 160 Å². The molecule has 2 aromatic carbocycles. The average molecular weight is 395 g/mol. The minimum absolute atomic E-state index is 0.0498. The number of hydrogen-bond donors (Lipinski definition) is 1. The van der Waals surface area contributed by atoms with E-state index >= 15 is 0 Å². The van der Waals surface area contributed by atoms with Crippen LogP contribution in [0.3, 0.4) is 0 Å². The molecule has 26 heavy (non-hydrogen) atoms. The highest BCUT2D eigenvalue weighted by molar-refractivity contribution is 8.00. The van der Waals surface area contributed by atoms with Crippen LogP contribution >= 0.6 is 23.4 Å². The van der Waals surface area contributed by atoms with Gasteiger partial charge < -0.3 is 15.0 Å².